The minimum absolute atomic E-state index is 0.201. The highest BCUT2D eigenvalue weighted by molar-refractivity contribution is 5.96. The van der Waals surface area contributed by atoms with Gasteiger partial charge in [0.15, 0.2) is 5.65 Å². The Hall–Kier alpha value is -2.80. The first-order valence-electron chi connectivity index (χ1n) is 8.29. The molecule has 3 aromatic rings. The fourth-order valence-electron chi connectivity index (χ4n) is 2.62. The lowest BCUT2D eigenvalue weighted by molar-refractivity contribution is 0.0950. The largest absolute Gasteiger partial charge is 0.346 e. The Morgan fingerprint density at radius 3 is 2.88 bits per heavy atom. The summed E-state index contributed by atoms with van der Waals surface area (Å²) in [4.78, 5) is 25.3. The zero-order chi connectivity index (χ0) is 17.8. The molecule has 7 nitrogen and oxygen atoms in total. The molecule has 25 heavy (non-hydrogen) atoms. The predicted molar refractivity (Wildman–Crippen MR) is 95.7 cm³/mol. The quantitative estimate of drug-likeness (QED) is 0.715. The average Bonchev–Trinajstić information content (AvgIpc) is 3.01. The summed E-state index contributed by atoms with van der Waals surface area (Å²) in [6.45, 7) is 5.91. The first-order valence-corrected chi connectivity index (χ1v) is 8.29. The predicted octanol–water partition coefficient (Wildman–Crippen LogP) is 1.87. The number of rotatable bonds is 6. The molecule has 3 N–H and O–H groups in total. The fourth-order valence-corrected chi connectivity index (χ4v) is 2.62. The van der Waals surface area contributed by atoms with E-state index in [4.69, 9.17) is 5.73 Å². The van der Waals surface area contributed by atoms with Gasteiger partial charge in [-0.25, -0.2) is 9.97 Å². The molecular weight excluding hydrogens is 316 g/mol. The van der Waals surface area contributed by atoms with Gasteiger partial charge in [0.05, 0.1) is 24.1 Å². The normalized spacial score (nSPS) is 11.2. The summed E-state index contributed by atoms with van der Waals surface area (Å²) < 4.78 is 2.00. The number of amides is 1. The second kappa shape index (κ2) is 7.40. The van der Waals surface area contributed by atoms with Crippen molar-refractivity contribution in [2.45, 2.75) is 33.5 Å². The van der Waals surface area contributed by atoms with Gasteiger partial charge in [0.1, 0.15) is 5.52 Å². The van der Waals surface area contributed by atoms with E-state index in [1.54, 1.807) is 24.8 Å². The van der Waals surface area contributed by atoms with Gasteiger partial charge in [0.25, 0.3) is 5.91 Å². The number of nitrogens with one attached hydrogen (secondary N) is 1. The zero-order valence-corrected chi connectivity index (χ0v) is 14.4. The van der Waals surface area contributed by atoms with Gasteiger partial charge in [0.2, 0.25) is 0 Å². The second-order valence-corrected chi connectivity index (χ2v) is 6.40. The molecule has 0 unspecified atom stereocenters. The van der Waals surface area contributed by atoms with E-state index in [9.17, 15) is 4.79 Å². The summed E-state index contributed by atoms with van der Waals surface area (Å²) in [7, 11) is 0. The number of imidazole rings is 1. The van der Waals surface area contributed by atoms with E-state index in [-0.39, 0.29) is 5.91 Å². The van der Waals surface area contributed by atoms with E-state index >= 15 is 0 Å². The maximum absolute atomic E-state index is 12.4. The number of carbonyl (C=O) groups is 1. The highest BCUT2D eigenvalue weighted by Gasteiger charge is 2.11. The highest BCUT2D eigenvalue weighted by atomic mass is 16.1. The van der Waals surface area contributed by atoms with Gasteiger partial charge >= 0.3 is 0 Å². The summed E-state index contributed by atoms with van der Waals surface area (Å²) >= 11 is 0. The number of fused-ring (bicyclic) bond motifs is 1. The van der Waals surface area contributed by atoms with Crippen LogP contribution in [0.2, 0.25) is 0 Å². The number of hydrogen-bond donors (Lipinski definition) is 2. The van der Waals surface area contributed by atoms with Crippen LogP contribution in [0.1, 0.15) is 35.5 Å². The van der Waals surface area contributed by atoms with Crippen molar-refractivity contribution in [3.63, 3.8) is 0 Å². The number of aromatic nitrogens is 4. The molecular formula is C18H22N6O. The molecule has 0 aliphatic heterocycles. The van der Waals surface area contributed by atoms with Gasteiger partial charge in [-0.1, -0.05) is 13.8 Å². The molecule has 0 atom stereocenters. The molecule has 0 radical (unpaired) electrons. The third-order valence-corrected chi connectivity index (χ3v) is 3.83. The topological polar surface area (TPSA) is 98.7 Å². The Kier molecular flexibility index (Phi) is 5.04. The van der Waals surface area contributed by atoms with Crippen LogP contribution >= 0.6 is 0 Å². The van der Waals surface area contributed by atoms with Crippen molar-refractivity contribution in [3.8, 4) is 0 Å². The first kappa shape index (κ1) is 17.0. The first-order chi connectivity index (χ1) is 12.1. The van der Waals surface area contributed by atoms with Gasteiger partial charge in [0, 0.05) is 25.5 Å². The molecule has 0 fully saturated rings. The molecule has 0 aliphatic rings. The van der Waals surface area contributed by atoms with Gasteiger partial charge < -0.3 is 15.6 Å². The van der Waals surface area contributed by atoms with Crippen molar-refractivity contribution in [2.24, 2.45) is 11.7 Å². The third kappa shape index (κ3) is 4.00. The monoisotopic (exact) mass is 338 g/mol. The maximum atomic E-state index is 12.4. The Bertz CT molecular complexity index is 886. The molecule has 0 aromatic carbocycles. The number of carbonyl (C=O) groups excluding carboxylic acids is 1. The standard InChI is InChI=1S/C18H22N6O/c1-12(2)10-24-11-23-16-6-14(8-21-17(16)24)18(25)22-9-15-5-13(7-19)3-4-20-15/h3-6,8,11-12H,7,9-10,19H2,1-2H3,(H,22,25). The Labute approximate surface area is 146 Å². The molecule has 3 heterocycles. The zero-order valence-electron chi connectivity index (χ0n) is 14.4. The molecule has 3 rings (SSSR count). The molecule has 0 saturated heterocycles. The third-order valence-electron chi connectivity index (χ3n) is 3.83. The van der Waals surface area contributed by atoms with Crippen LogP contribution in [0, 0.1) is 5.92 Å². The van der Waals surface area contributed by atoms with Crippen molar-refractivity contribution in [1.29, 1.82) is 0 Å². The average molecular weight is 338 g/mol. The van der Waals surface area contributed by atoms with Crippen LogP contribution in [0.25, 0.3) is 11.2 Å². The summed E-state index contributed by atoms with van der Waals surface area (Å²) in [6.07, 6.45) is 5.04. The molecule has 0 aliphatic carbocycles. The van der Waals surface area contributed by atoms with E-state index in [1.165, 1.54) is 0 Å². The molecule has 7 heteroatoms. The molecule has 0 spiro atoms. The number of nitrogens with zero attached hydrogens (tertiary/aromatic N) is 4. The molecule has 1 amide bonds. The number of pyridine rings is 2. The second-order valence-electron chi connectivity index (χ2n) is 6.40. The smallest absolute Gasteiger partial charge is 0.253 e. The van der Waals surface area contributed by atoms with Crippen molar-refractivity contribution in [3.05, 3.63) is 53.7 Å². The lowest BCUT2D eigenvalue weighted by atomic mass is 10.2. The van der Waals surface area contributed by atoms with Gasteiger partial charge in [-0.05, 0) is 29.7 Å². The Balaban J connectivity index is 1.71. The summed E-state index contributed by atoms with van der Waals surface area (Å²) in [6, 6.07) is 5.50. The van der Waals surface area contributed by atoms with Crippen molar-refractivity contribution in [1.82, 2.24) is 24.8 Å². The van der Waals surface area contributed by atoms with Crippen LogP contribution in [-0.2, 0) is 19.6 Å². The van der Waals surface area contributed by atoms with Gasteiger partial charge in [-0.2, -0.15) is 0 Å². The van der Waals surface area contributed by atoms with E-state index in [0.717, 1.165) is 29.0 Å². The minimum Gasteiger partial charge on any atom is -0.346 e. The van der Waals surface area contributed by atoms with E-state index in [1.807, 2.05) is 16.7 Å². The SMILES string of the molecule is CC(C)Cn1cnc2cc(C(=O)NCc3cc(CN)ccn3)cnc21. The van der Waals surface area contributed by atoms with E-state index in [2.05, 4.69) is 34.1 Å². The molecule has 0 saturated carbocycles. The Morgan fingerprint density at radius 2 is 2.12 bits per heavy atom. The minimum atomic E-state index is -0.201. The van der Waals surface area contributed by atoms with Gasteiger partial charge in [-0.15, -0.1) is 0 Å². The molecule has 0 bridgehead atoms. The van der Waals surface area contributed by atoms with Crippen molar-refractivity contribution < 1.29 is 4.79 Å². The van der Waals surface area contributed by atoms with Crippen LogP contribution < -0.4 is 11.1 Å². The summed E-state index contributed by atoms with van der Waals surface area (Å²) in [5, 5.41) is 2.85. The lowest BCUT2D eigenvalue weighted by Crippen LogP contribution is -2.23. The summed E-state index contributed by atoms with van der Waals surface area (Å²) in [5.41, 5.74) is 9.37. The lowest BCUT2D eigenvalue weighted by Gasteiger charge is -2.07. The summed E-state index contributed by atoms with van der Waals surface area (Å²) in [5.74, 6) is 0.298. The highest BCUT2D eigenvalue weighted by Crippen LogP contribution is 2.14. The van der Waals surface area contributed by atoms with Crippen LogP contribution in [0.5, 0.6) is 0 Å². The Morgan fingerprint density at radius 1 is 1.28 bits per heavy atom. The van der Waals surface area contributed by atoms with E-state index in [0.29, 0.717) is 24.6 Å². The van der Waals surface area contributed by atoms with Crippen LogP contribution in [-0.4, -0.2) is 25.4 Å². The molecule has 130 valence electrons. The maximum Gasteiger partial charge on any atom is 0.253 e. The number of nitrogens with two attached hydrogens (primary N) is 1. The van der Waals surface area contributed by atoms with Crippen molar-refractivity contribution in [2.75, 3.05) is 0 Å². The van der Waals surface area contributed by atoms with Crippen LogP contribution in [0.15, 0.2) is 36.9 Å². The van der Waals surface area contributed by atoms with Gasteiger partial charge in [-0.3, -0.25) is 9.78 Å². The molecule has 3 aromatic heterocycles. The number of hydrogen-bond acceptors (Lipinski definition) is 5. The van der Waals surface area contributed by atoms with Crippen LogP contribution in [0.4, 0.5) is 0 Å². The van der Waals surface area contributed by atoms with Crippen LogP contribution in [0.3, 0.4) is 0 Å². The fraction of sp³-hybridized carbons (Fsp3) is 0.333. The van der Waals surface area contributed by atoms with Crippen molar-refractivity contribution >= 4 is 17.1 Å². The van der Waals surface area contributed by atoms with E-state index < -0.39 is 0 Å².